The van der Waals surface area contributed by atoms with Crippen LogP contribution in [0.3, 0.4) is 0 Å². The van der Waals surface area contributed by atoms with Gasteiger partial charge >= 0.3 is 0 Å². The number of sulfonamides is 2. The topological polar surface area (TPSA) is 109 Å². The number of hydrogen-bond acceptors (Lipinski definition) is 6. The molecular formula is C26H38N2O6S2. The Balaban J connectivity index is 1.13. The Hall–Kier alpha value is -1.42. The Morgan fingerprint density at radius 3 is 2.08 bits per heavy atom. The van der Waals surface area contributed by atoms with Crippen molar-refractivity contribution in [1.82, 2.24) is 8.61 Å². The summed E-state index contributed by atoms with van der Waals surface area (Å²) in [6, 6.07) is -0.548. The maximum atomic E-state index is 13.1. The fourth-order valence-corrected chi connectivity index (χ4v) is 14.8. The van der Waals surface area contributed by atoms with E-state index in [9.17, 15) is 26.4 Å². The lowest BCUT2D eigenvalue weighted by Gasteiger charge is -2.43. The zero-order valence-corrected chi connectivity index (χ0v) is 23.3. The number of nitrogens with zero attached hydrogens (tertiary/aromatic N) is 2. The van der Waals surface area contributed by atoms with Gasteiger partial charge in [-0.05, 0) is 66.6 Å². The maximum Gasteiger partial charge on any atom is 0.240 e. The fourth-order valence-electron chi connectivity index (χ4n) is 9.78. The van der Waals surface area contributed by atoms with E-state index in [0.29, 0.717) is 5.92 Å². The second-order valence-electron chi connectivity index (χ2n) is 13.6. The van der Waals surface area contributed by atoms with Crippen LogP contribution in [0.15, 0.2) is 12.2 Å². The van der Waals surface area contributed by atoms with E-state index in [1.807, 2.05) is 0 Å². The van der Waals surface area contributed by atoms with Crippen molar-refractivity contribution >= 4 is 31.9 Å². The van der Waals surface area contributed by atoms with Gasteiger partial charge in [-0.15, -0.1) is 0 Å². The van der Waals surface area contributed by atoms with Crippen LogP contribution in [0.4, 0.5) is 0 Å². The molecule has 10 heteroatoms. The van der Waals surface area contributed by atoms with E-state index in [2.05, 4.69) is 27.7 Å². The molecule has 0 radical (unpaired) electrons. The monoisotopic (exact) mass is 538 g/mol. The highest BCUT2D eigenvalue weighted by molar-refractivity contribution is 7.90. The van der Waals surface area contributed by atoms with Crippen LogP contribution in [0, 0.1) is 33.5 Å². The summed E-state index contributed by atoms with van der Waals surface area (Å²) in [6.07, 6.45) is 8.02. The van der Waals surface area contributed by atoms with Gasteiger partial charge in [0.15, 0.2) is 0 Å². The summed E-state index contributed by atoms with van der Waals surface area (Å²) >= 11 is 0. The minimum atomic E-state index is -3.68. The molecule has 0 aromatic carbocycles. The zero-order chi connectivity index (χ0) is 26.1. The van der Waals surface area contributed by atoms with Crippen LogP contribution in [0.5, 0.6) is 0 Å². The number of rotatable bonds is 4. The molecule has 0 N–H and O–H groups in total. The van der Waals surface area contributed by atoms with Crippen molar-refractivity contribution < 1.29 is 26.4 Å². The number of carbonyl (C=O) groups is 2. The number of amides is 2. The lowest BCUT2D eigenvalue weighted by atomic mass is 9.69. The van der Waals surface area contributed by atoms with Gasteiger partial charge in [-0.25, -0.2) is 25.4 Å². The van der Waals surface area contributed by atoms with Crippen molar-refractivity contribution in [3.05, 3.63) is 12.2 Å². The normalized spacial score (nSPS) is 43.9. The van der Waals surface area contributed by atoms with Crippen LogP contribution in [-0.2, 0) is 29.6 Å². The third-order valence-electron chi connectivity index (χ3n) is 12.0. The maximum absolute atomic E-state index is 13.1. The summed E-state index contributed by atoms with van der Waals surface area (Å²) in [4.78, 5) is 26.2. The summed E-state index contributed by atoms with van der Waals surface area (Å²) in [7, 11) is -7.36. The largest absolute Gasteiger partial charge is 0.273 e. The summed E-state index contributed by atoms with van der Waals surface area (Å²) in [6.45, 7) is 8.59. The first-order valence-corrected chi connectivity index (χ1v) is 16.6. The van der Waals surface area contributed by atoms with Crippen LogP contribution >= 0.6 is 0 Å². The Bertz CT molecular complexity index is 1270. The lowest BCUT2D eigenvalue weighted by molar-refractivity contribution is -0.129. The molecule has 8 nitrogen and oxygen atoms in total. The Morgan fingerprint density at radius 1 is 0.833 bits per heavy atom. The van der Waals surface area contributed by atoms with Gasteiger partial charge in [-0.3, -0.25) is 9.59 Å². The van der Waals surface area contributed by atoms with Gasteiger partial charge in [0.25, 0.3) is 0 Å². The minimum absolute atomic E-state index is 0.0290. The molecule has 4 aliphatic carbocycles. The average molecular weight is 539 g/mol. The second-order valence-corrected chi connectivity index (χ2v) is 17.2. The Labute approximate surface area is 215 Å². The number of fused-ring (bicyclic) bond motifs is 4. The van der Waals surface area contributed by atoms with Crippen molar-refractivity contribution in [2.24, 2.45) is 33.5 Å². The first-order chi connectivity index (χ1) is 16.6. The van der Waals surface area contributed by atoms with Crippen molar-refractivity contribution in [2.75, 3.05) is 11.5 Å². The molecule has 2 saturated heterocycles. The molecule has 6 rings (SSSR count). The summed E-state index contributed by atoms with van der Waals surface area (Å²) < 4.78 is 54.6. The molecule has 6 fully saturated rings. The van der Waals surface area contributed by atoms with Crippen LogP contribution in [0.1, 0.15) is 79.1 Å². The SMILES string of the molecule is CC1(C)C2CCC13CC2N(C(=O)CC=CCC(=O)N1C2CC4CCC2(CS1(=O)=O)C4(C)C)S(=O)(=O)C3. The Kier molecular flexibility index (Phi) is 4.95. The molecule has 6 unspecified atom stereocenters. The van der Waals surface area contributed by atoms with Gasteiger partial charge in [0.2, 0.25) is 31.9 Å². The second kappa shape index (κ2) is 7.16. The molecule has 200 valence electrons. The van der Waals surface area contributed by atoms with Crippen molar-refractivity contribution in [1.29, 1.82) is 0 Å². The average Bonchev–Trinajstić information content (AvgIpc) is 3.36. The van der Waals surface area contributed by atoms with Crippen LogP contribution < -0.4 is 0 Å². The van der Waals surface area contributed by atoms with Gasteiger partial charge in [0.1, 0.15) is 0 Å². The van der Waals surface area contributed by atoms with Crippen LogP contribution in [0.25, 0.3) is 0 Å². The lowest BCUT2D eigenvalue weighted by Crippen LogP contribution is -2.54. The van der Waals surface area contributed by atoms with Crippen molar-refractivity contribution in [3.8, 4) is 0 Å². The van der Waals surface area contributed by atoms with Gasteiger partial charge in [-0.1, -0.05) is 39.8 Å². The van der Waals surface area contributed by atoms with Gasteiger partial charge in [0.05, 0.1) is 23.6 Å². The number of carbonyl (C=O) groups excluding carboxylic acids is 2. The molecule has 4 saturated carbocycles. The molecule has 5 bridgehead atoms. The first-order valence-electron chi connectivity index (χ1n) is 13.3. The molecule has 2 amide bonds. The highest BCUT2D eigenvalue weighted by Gasteiger charge is 2.72. The van der Waals surface area contributed by atoms with E-state index < -0.39 is 31.9 Å². The van der Waals surface area contributed by atoms with Gasteiger partial charge in [-0.2, -0.15) is 0 Å². The van der Waals surface area contributed by atoms with Crippen LogP contribution in [-0.4, -0.2) is 60.8 Å². The molecule has 0 aromatic rings. The van der Waals surface area contributed by atoms with Crippen molar-refractivity contribution in [3.63, 3.8) is 0 Å². The third-order valence-corrected chi connectivity index (χ3v) is 15.9. The fraction of sp³-hybridized carbons (Fsp3) is 0.846. The van der Waals surface area contributed by atoms with E-state index in [0.717, 1.165) is 47.1 Å². The highest BCUT2D eigenvalue weighted by Crippen LogP contribution is 2.71. The first kappa shape index (κ1) is 24.9. The highest BCUT2D eigenvalue weighted by atomic mass is 32.2. The van der Waals surface area contributed by atoms with E-state index in [1.165, 1.54) is 12.2 Å². The van der Waals surface area contributed by atoms with E-state index in [-0.39, 0.29) is 64.0 Å². The molecular weight excluding hydrogens is 500 g/mol. The molecule has 36 heavy (non-hydrogen) atoms. The quantitative estimate of drug-likeness (QED) is 0.509. The summed E-state index contributed by atoms with van der Waals surface area (Å²) in [5.41, 5.74) is -0.795. The zero-order valence-electron chi connectivity index (χ0n) is 21.7. The third kappa shape index (κ3) is 2.86. The summed E-state index contributed by atoms with van der Waals surface area (Å²) in [5.74, 6) is -0.224. The van der Waals surface area contributed by atoms with Gasteiger partial charge < -0.3 is 0 Å². The standard InChI is InChI=1S/C26H38N2O6S2/c1-23(2)17-9-12-26(23)16-36(33,34)28(20(26)13-17)22(30)8-6-5-7-21(29)27-19-14-25(15-35(27,31)32)11-10-18(19)24(25,3)4/h5-6,17-20H,7-16H2,1-4H3. The molecule has 0 aromatic heterocycles. The predicted molar refractivity (Wildman–Crippen MR) is 134 cm³/mol. The smallest absolute Gasteiger partial charge is 0.240 e. The van der Waals surface area contributed by atoms with E-state index in [4.69, 9.17) is 0 Å². The molecule has 6 aliphatic rings. The number of hydrogen-bond donors (Lipinski definition) is 0. The Morgan fingerprint density at radius 2 is 1.44 bits per heavy atom. The van der Waals surface area contributed by atoms with Crippen LogP contribution in [0.2, 0.25) is 0 Å². The summed E-state index contributed by atoms with van der Waals surface area (Å²) in [5, 5.41) is 0. The predicted octanol–water partition coefficient (Wildman–Crippen LogP) is 3.06. The van der Waals surface area contributed by atoms with E-state index >= 15 is 0 Å². The molecule has 2 spiro atoms. The van der Waals surface area contributed by atoms with Gasteiger partial charge in [0, 0.05) is 18.3 Å². The minimum Gasteiger partial charge on any atom is -0.273 e. The van der Waals surface area contributed by atoms with E-state index in [1.54, 1.807) is 0 Å². The molecule has 2 heterocycles. The van der Waals surface area contributed by atoms with Crippen molar-refractivity contribution in [2.45, 2.75) is 91.1 Å². The molecule has 2 aliphatic heterocycles. The molecule has 6 atom stereocenters.